The highest BCUT2D eigenvalue weighted by Gasteiger charge is 2.27. The summed E-state index contributed by atoms with van der Waals surface area (Å²) in [4.78, 5) is 24.0. The van der Waals surface area contributed by atoms with Crippen LogP contribution in [0.3, 0.4) is 0 Å². The zero-order chi connectivity index (χ0) is 25.7. The highest BCUT2D eigenvalue weighted by atomic mass is 35.5. The Morgan fingerprint density at radius 1 is 1.08 bits per heavy atom. The van der Waals surface area contributed by atoms with Gasteiger partial charge in [-0.15, -0.1) is 0 Å². The highest BCUT2D eigenvalue weighted by Crippen LogP contribution is 2.40. The second kappa shape index (κ2) is 11.3. The average Bonchev–Trinajstić information content (AvgIpc) is 3.36. The number of hydrogen-bond acceptors (Lipinski definition) is 8. The van der Waals surface area contributed by atoms with Crippen molar-refractivity contribution in [2.75, 3.05) is 44.6 Å². The van der Waals surface area contributed by atoms with Gasteiger partial charge in [-0.3, -0.25) is 4.79 Å². The van der Waals surface area contributed by atoms with Gasteiger partial charge >= 0.3 is 0 Å². The van der Waals surface area contributed by atoms with Crippen molar-refractivity contribution in [1.82, 2.24) is 15.3 Å². The molecule has 36 heavy (non-hydrogen) atoms. The van der Waals surface area contributed by atoms with E-state index < -0.39 is 0 Å². The van der Waals surface area contributed by atoms with Crippen molar-refractivity contribution in [2.45, 2.75) is 25.3 Å². The standard InChI is InChI=1S/C26H30ClN5O4/c1-16(17-5-7-18(27)8-6-17)25(33)29-19-10-12-32(15-19)23-9-11-28-26(31-23)30-20-13-21(34-2)24(36-4)22(14-20)35-3/h5-9,11,13-14,16,19H,10,12,15H2,1-4H3,(H,29,33)(H,28,30,31). The fourth-order valence-electron chi connectivity index (χ4n) is 4.18. The van der Waals surface area contributed by atoms with Crippen LogP contribution in [0.2, 0.25) is 5.02 Å². The first-order chi connectivity index (χ1) is 17.4. The molecule has 10 heteroatoms. The zero-order valence-electron chi connectivity index (χ0n) is 20.7. The van der Waals surface area contributed by atoms with Gasteiger partial charge in [0.2, 0.25) is 17.6 Å². The summed E-state index contributed by atoms with van der Waals surface area (Å²) in [6, 6.07) is 12.9. The number of nitrogens with one attached hydrogen (secondary N) is 2. The summed E-state index contributed by atoms with van der Waals surface area (Å²) in [7, 11) is 4.69. The summed E-state index contributed by atoms with van der Waals surface area (Å²) in [6.07, 6.45) is 2.54. The number of nitrogens with zero attached hydrogens (tertiary/aromatic N) is 3. The lowest BCUT2D eigenvalue weighted by Gasteiger charge is -2.20. The number of aromatic nitrogens is 2. The summed E-state index contributed by atoms with van der Waals surface area (Å²) < 4.78 is 16.2. The van der Waals surface area contributed by atoms with Gasteiger partial charge in [0.1, 0.15) is 5.82 Å². The van der Waals surface area contributed by atoms with Crippen LogP contribution in [-0.2, 0) is 4.79 Å². The molecule has 1 aromatic heterocycles. The SMILES string of the molecule is COc1cc(Nc2nccc(N3CCC(NC(=O)C(C)c4ccc(Cl)cc4)C3)n2)cc(OC)c1OC. The maximum Gasteiger partial charge on any atom is 0.229 e. The smallest absolute Gasteiger partial charge is 0.229 e. The van der Waals surface area contributed by atoms with Crippen LogP contribution in [0.25, 0.3) is 0 Å². The van der Waals surface area contributed by atoms with E-state index >= 15 is 0 Å². The number of halogens is 1. The van der Waals surface area contributed by atoms with E-state index in [0.717, 1.165) is 24.3 Å². The molecule has 0 radical (unpaired) electrons. The summed E-state index contributed by atoms with van der Waals surface area (Å²) >= 11 is 5.97. The van der Waals surface area contributed by atoms with Gasteiger partial charge in [-0.2, -0.15) is 4.98 Å². The number of methoxy groups -OCH3 is 3. The van der Waals surface area contributed by atoms with Crippen LogP contribution in [-0.4, -0.2) is 56.3 Å². The number of hydrogen-bond donors (Lipinski definition) is 2. The normalized spacial score (nSPS) is 15.8. The van der Waals surface area contributed by atoms with Crippen LogP contribution in [0.5, 0.6) is 17.2 Å². The first kappa shape index (κ1) is 25.4. The van der Waals surface area contributed by atoms with Crippen LogP contribution in [0, 0.1) is 0 Å². The first-order valence-corrected chi connectivity index (χ1v) is 12.0. The lowest BCUT2D eigenvalue weighted by atomic mass is 10.00. The van der Waals surface area contributed by atoms with E-state index in [4.69, 9.17) is 25.8 Å². The number of rotatable bonds is 9. The molecule has 4 rings (SSSR count). The minimum atomic E-state index is -0.260. The van der Waals surface area contributed by atoms with Crippen molar-refractivity contribution >= 4 is 35.0 Å². The Bertz CT molecular complexity index is 1180. The molecule has 2 atom stereocenters. The molecule has 0 bridgehead atoms. The molecule has 190 valence electrons. The molecule has 2 heterocycles. The number of carbonyl (C=O) groups is 1. The number of ether oxygens (including phenoxy) is 3. The second-order valence-corrected chi connectivity index (χ2v) is 8.93. The summed E-state index contributed by atoms with van der Waals surface area (Å²) in [6.45, 7) is 3.34. The Morgan fingerprint density at radius 3 is 2.42 bits per heavy atom. The van der Waals surface area contributed by atoms with Crippen LogP contribution < -0.4 is 29.7 Å². The summed E-state index contributed by atoms with van der Waals surface area (Å²) in [5.41, 5.74) is 1.63. The van der Waals surface area contributed by atoms with Gasteiger partial charge in [0.05, 0.1) is 27.2 Å². The van der Waals surface area contributed by atoms with Gasteiger partial charge < -0.3 is 29.7 Å². The Labute approximate surface area is 215 Å². The molecule has 2 N–H and O–H groups in total. The Kier molecular flexibility index (Phi) is 8.00. The van der Waals surface area contributed by atoms with Crippen LogP contribution >= 0.6 is 11.6 Å². The van der Waals surface area contributed by atoms with E-state index in [0.29, 0.717) is 40.5 Å². The summed E-state index contributed by atoms with van der Waals surface area (Å²) in [5, 5.41) is 7.03. The third-order valence-electron chi connectivity index (χ3n) is 6.18. The molecule has 2 unspecified atom stereocenters. The van der Waals surface area contributed by atoms with E-state index in [9.17, 15) is 4.79 Å². The Balaban J connectivity index is 1.40. The molecule has 2 aromatic carbocycles. The first-order valence-electron chi connectivity index (χ1n) is 11.6. The summed E-state index contributed by atoms with van der Waals surface area (Å²) in [5.74, 6) is 2.52. The molecular formula is C26H30ClN5O4. The van der Waals surface area contributed by atoms with Gasteiger partial charge in [-0.05, 0) is 37.1 Å². The van der Waals surface area contributed by atoms with Crippen molar-refractivity contribution in [3.63, 3.8) is 0 Å². The maximum absolute atomic E-state index is 12.8. The minimum absolute atomic E-state index is 0.00313. The molecule has 3 aromatic rings. The van der Waals surface area contributed by atoms with Crippen LogP contribution in [0.1, 0.15) is 24.8 Å². The topological polar surface area (TPSA) is 97.8 Å². The molecule has 1 saturated heterocycles. The zero-order valence-corrected chi connectivity index (χ0v) is 21.5. The fraction of sp³-hybridized carbons (Fsp3) is 0.346. The van der Waals surface area contributed by atoms with Crippen molar-refractivity contribution in [3.05, 3.63) is 59.2 Å². The molecule has 0 saturated carbocycles. The van der Waals surface area contributed by atoms with Crippen molar-refractivity contribution in [2.24, 2.45) is 0 Å². The number of amides is 1. The highest BCUT2D eigenvalue weighted by molar-refractivity contribution is 6.30. The number of anilines is 3. The van der Waals surface area contributed by atoms with Gasteiger partial charge in [0.15, 0.2) is 11.5 Å². The molecule has 1 aliphatic heterocycles. The van der Waals surface area contributed by atoms with Gasteiger partial charge in [-0.25, -0.2) is 4.98 Å². The van der Waals surface area contributed by atoms with Crippen molar-refractivity contribution < 1.29 is 19.0 Å². The van der Waals surface area contributed by atoms with Crippen LogP contribution in [0.15, 0.2) is 48.7 Å². The molecular weight excluding hydrogens is 482 g/mol. The average molecular weight is 512 g/mol. The molecule has 0 aliphatic carbocycles. The molecule has 9 nitrogen and oxygen atoms in total. The van der Waals surface area contributed by atoms with E-state index in [1.807, 2.05) is 25.1 Å². The van der Waals surface area contributed by atoms with E-state index in [1.54, 1.807) is 51.8 Å². The number of carbonyl (C=O) groups excluding carboxylic acids is 1. The van der Waals surface area contributed by atoms with Crippen molar-refractivity contribution in [3.8, 4) is 17.2 Å². The molecule has 1 aliphatic rings. The lowest BCUT2D eigenvalue weighted by Crippen LogP contribution is -2.39. The fourth-order valence-corrected chi connectivity index (χ4v) is 4.31. The van der Waals surface area contributed by atoms with Gasteiger partial charge in [0, 0.05) is 48.2 Å². The minimum Gasteiger partial charge on any atom is -0.493 e. The largest absolute Gasteiger partial charge is 0.493 e. The quantitative estimate of drug-likeness (QED) is 0.436. The van der Waals surface area contributed by atoms with Gasteiger partial charge in [0.25, 0.3) is 0 Å². The second-order valence-electron chi connectivity index (χ2n) is 8.49. The van der Waals surface area contributed by atoms with Crippen LogP contribution in [0.4, 0.5) is 17.5 Å². The van der Waals surface area contributed by atoms with E-state index in [2.05, 4.69) is 25.5 Å². The van der Waals surface area contributed by atoms with Crippen molar-refractivity contribution in [1.29, 1.82) is 0 Å². The lowest BCUT2D eigenvalue weighted by molar-refractivity contribution is -0.122. The Hall–Kier alpha value is -3.72. The Morgan fingerprint density at radius 2 is 1.78 bits per heavy atom. The molecule has 1 fully saturated rings. The number of benzene rings is 2. The predicted octanol–water partition coefficient (Wildman–Crippen LogP) is 4.40. The molecule has 0 spiro atoms. The monoisotopic (exact) mass is 511 g/mol. The van der Waals surface area contributed by atoms with E-state index in [1.165, 1.54) is 0 Å². The van der Waals surface area contributed by atoms with Gasteiger partial charge in [-0.1, -0.05) is 23.7 Å². The molecule has 1 amide bonds. The van der Waals surface area contributed by atoms with E-state index in [-0.39, 0.29) is 17.9 Å². The predicted molar refractivity (Wildman–Crippen MR) is 140 cm³/mol. The third kappa shape index (κ3) is 5.73. The maximum atomic E-state index is 12.8. The third-order valence-corrected chi connectivity index (χ3v) is 6.44.